The molecule has 1 fully saturated rings. The van der Waals surface area contributed by atoms with E-state index in [4.69, 9.17) is 10.5 Å². The molecule has 3 rings (SSSR count). The van der Waals surface area contributed by atoms with Gasteiger partial charge in [0.15, 0.2) is 17.2 Å². The van der Waals surface area contributed by atoms with Gasteiger partial charge in [0.25, 0.3) is 0 Å². The fourth-order valence-corrected chi connectivity index (χ4v) is 2.96. The SMILES string of the molecule is CSC[C@H]1OC[C@](O)(n2cnc3c(N)ncnc32)C1O. The van der Waals surface area contributed by atoms with Gasteiger partial charge in [0, 0.05) is 5.75 Å². The summed E-state index contributed by atoms with van der Waals surface area (Å²) in [6.45, 7) is -0.0330. The average Bonchev–Trinajstić information content (AvgIpc) is 2.98. The lowest BCUT2D eigenvalue weighted by molar-refractivity contribution is -0.107. The zero-order valence-corrected chi connectivity index (χ0v) is 11.6. The largest absolute Gasteiger partial charge is 0.385 e. The predicted molar refractivity (Wildman–Crippen MR) is 74.1 cm³/mol. The first-order chi connectivity index (χ1) is 9.58. The molecule has 2 aromatic heterocycles. The Kier molecular flexibility index (Phi) is 3.28. The Labute approximate surface area is 119 Å². The quantitative estimate of drug-likeness (QED) is 0.672. The van der Waals surface area contributed by atoms with Crippen molar-refractivity contribution in [3.05, 3.63) is 12.7 Å². The van der Waals surface area contributed by atoms with Crippen molar-refractivity contribution in [2.24, 2.45) is 0 Å². The van der Waals surface area contributed by atoms with E-state index in [-0.39, 0.29) is 12.4 Å². The molecule has 0 aromatic carbocycles. The summed E-state index contributed by atoms with van der Waals surface area (Å²) in [5.41, 5.74) is 4.87. The van der Waals surface area contributed by atoms with Crippen LogP contribution in [0.25, 0.3) is 11.2 Å². The van der Waals surface area contributed by atoms with E-state index in [0.717, 1.165) is 0 Å². The van der Waals surface area contributed by atoms with E-state index in [1.54, 1.807) is 11.8 Å². The van der Waals surface area contributed by atoms with Gasteiger partial charge in [-0.3, -0.25) is 4.57 Å². The van der Waals surface area contributed by atoms with Gasteiger partial charge in [0.2, 0.25) is 0 Å². The fourth-order valence-electron chi connectivity index (χ4n) is 2.36. The molecule has 0 amide bonds. The molecule has 1 aliphatic rings. The second-order valence-corrected chi connectivity index (χ2v) is 5.58. The third kappa shape index (κ3) is 1.85. The lowest BCUT2D eigenvalue weighted by Gasteiger charge is -2.27. The van der Waals surface area contributed by atoms with Crippen molar-refractivity contribution in [1.29, 1.82) is 0 Å². The van der Waals surface area contributed by atoms with E-state index >= 15 is 0 Å². The van der Waals surface area contributed by atoms with Gasteiger partial charge in [-0.15, -0.1) is 0 Å². The van der Waals surface area contributed by atoms with E-state index < -0.39 is 17.9 Å². The normalized spacial score (nSPS) is 30.1. The summed E-state index contributed by atoms with van der Waals surface area (Å²) >= 11 is 1.54. The molecule has 0 bridgehead atoms. The van der Waals surface area contributed by atoms with Crippen LogP contribution in [0.4, 0.5) is 5.82 Å². The molecule has 108 valence electrons. The van der Waals surface area contributed by atoms with Crippen LogP contribution in [0.15, 0.2) is 12.7 Å². The third-order valence-electron chi connectivity index (χ3n) is 3.45. The summed E-state index contributed by atoms with van der Waals surface area (Å²) < 4.78 is 6.87. The number of rotatable bonds is 3. The molecule has 0 radical (unpaired) electrons. The van der Waals surface area contributed by atoms with E-state index in [1.807, 2.05) is 6.26 Å². The number of thioether (sulfide) groups is 1. The summed E-state index contributed by atoms with van der Waals surface area (Å²) in [6, 6.07) is 0. The molecule has 3 atom stereocenters. The number of aromatic nitrogens is 4. The molecule has 1 unspecified atom stereocenters. The Hall–Kier alpha value is -1.42. The number of aliphatic hydroxyl groups is 2. The summed E-state index contributed by atoms with van der Waals surface area (Å²) in [5, 5.41) is 21.1. The number of nitrogens with zero attached hydrogens (tertiary/aromatic N) is 4. The minimum Gasteiger partial charge on any atom is -0.385 e. The summed E-state index contributed by atoms with van der Waals surface area (Å²) in [6.07, 6.45) is 3.09. The van der Waals surface area contributed by atoms with Crippen LogP contribution in [0.5, 0.6) is 0 Å². The molecule has 9 heteroatoms. The molecular weight excluding hydrogens is 282 g/mol. The first-order valence-electron chi connectivity index (χ1n) is 6.03. The highest BCUT2D eigenvalue weighted by Gasteiger charge is 2.50. The molecule has 8 nitrogen and oxygen atoms in total. The zero-order valence-electron chi connectivity index (χ0n) is 10.8. The maximum atomic E-state index is 10.7. The van der Waals surface area contributed by atoms with Crippen molar-refractivity contribution in [2.45, 2.75) is 17.9 Å². The number of anilines is 1. The van der Waals surface area contributed by atoms with Gasteiger partial charge in [-0.2, -0.15) is 11.8 Å². The van der Waals surface area contributed by atoms with Crippen LogP contribution in [-0.4, -0.2) is 60.6 Å². The van der Waals surface area contributed by atoms with Crippen LogP contribution in [0, 0.1) is 0 Å². The zero-order chi connectivity index (χ0) is 14.3. The van der Waals surface area contributed by atoms with E-state index in [9.17, 15) is 10.2 Å². The van der Waals surface area contributed by atoms with Crippen molar-refractivity contribution < 1.29 is 14.9 Å². The van der Waals surface area contributed by atoms with Crippen molar-refractivity contribution in [3.63, 3.8) is 0 Å². The maximum absolute atomic E-state index is 10.7. The molecule has 20 heavy (non-hydrogen) atoms. The Bertz CT molecular complexity index is 636. The van der Waals surface area contributed by atoms with Crippen molar-refractivity contribution in [1.82, 2.24) is 19.5 Å². The standard InChI is InChI=1S/C11H15N5O3S/c1-20-2-6-8(17)11(18,3-19-6)16-5-15-7-9(12)13-4-14-10(7)16/h4-6,8,17-18H,2-3H2,1H3,(H2,12,13,14)/t6-,8?,11-/m1/s1. The Morgan fingerprint density at radius 3 is 3.10 bits per heavy atom. The molecule has 0 saturated carbocycles. The van der Waals surface area contributed by atoms with Crippen LogP contribution >= 0.6 is 11.8 Å². The predicted octanol–water partition coefficient (Wildman–Crippen LogP) is -0.824. The second kappa shape index (κ2) is 4.85. The monoisotopic (exact) mass is 297 g/mol. The van der Waals surface area contributed by atoms with Crippen LogP contribution in [-0.2, 0) is 10.5 Å². The number of hydrogen-bond acceptors (Lipinski definition) is 8. The van der Waals surface area contributed by atoms with Crippen LogP contribution in [0.1, 0.15) is 0 Å². The second-order valence-electron chi connectivity index (χ2n) is 4.67. The topological polar surface area (TPSA) is 119 Å². The molecule has 0 aliphatic carbocycles. The number of aliphatic hydroxyl groups excluding tert-OH is 1. The average molecular weight is 297 g/mol. The van der Waals surface area contributed by atoms with Gasteiger partial charge in [-0.1, -0.05) is 0 Å². The van der Waals surface area contributed by atoms with Crippen LogP contribution < -0.4 is 5.73 Å². The van der Waals surface area contributed by atoms with Gasteiger partial charge in [0.1, 0.15) is 17.9 Å². The van der Waals surface area contributed by atoms with Crippen molar-refractivity contribution in [3.8, 4) is 0 Å². The van der Waals surface area contributed by atoms with Gasteiger partial charge in [-0.05, 0) is 6.26 Å². The first-order valence-corrected chi connectivity index (χ1v) is 7.42. The number of fused-ring (bicyclic) bond motifs is 1. The lowest BCUT2D eigenvalue weighted by Crippen LogP contribution is -2.46. The molecule has 2 aromatic rings. The van der Waals surface area contributed by atoms with Crippen LogP contribution in [0.3, 0.4) is 0 Å². The molecule has 1 saturated heterocycles. The molecular formula is C11H15N5O3S. The minimum absolute atomic E-state index is 0.0330. The van der Waals surface area contributed by atoms with Crippen molar-refractivity contribution in [2.75, 3.05) is 24.3 Å². The highest BCUT2D eigenvalue weighted by atomic mass is 32.2. The maximum Gasteiger partial charge on any atom is 0.197 e. The molecule has 1 aliphatic heterocycles. The third-order valence-corrected chi connectivity index (χ3v) is 4.11. The van der Waals surface area contributed by atoms with E-state index in [1.165, 1.54) is 17.2 Å². The first kappa shape index (κ1) is 13.6. The number of imidazole rings is 1. The summed E-state index contributed by atoms with van der Waals surface area (Å²) in [5.74, 6) is 0.819. The number of ether oxygens (including phenoxy) is 1. The number of nitrogen functional groups attached to an aromatic ring is 1. The molecule has 4 N–H and O–H groups in total. The number of hydrogen-bond donors (Lipinski definition) is 3. The fraction of sp³-hybridized carbons (Fsp3) is 0.545. The molecule has 3 heterocycles. The Morgan fingerprint density at radius 1 is 1.55 bits per heavy atom. The smallest absolute Gasteiger partial charge is 0.197 e. The number of nitrogens with two attached hydrogens (primary N) is 1. The Balaban J connectivity index is 2.04. The van der Waals surface area contributed by atoms with Gasteiger partial charge < -0.3 is 20.7 Å². The van der Waals surface area contributed by atoms with Gasteiger partial charge in [0.05, 0.1) is 19.0 Å². The highest BCUT2D eigenvalue weighted by molar-refractivity contribution is 7.98. The van der Waals surface area contributed by atoms with E-state index in [0.29, 0.717) is 16.9 Å². The minimum atomic E-state index is -1.60. The summed E-state index contributed by atoms with van der Waals surface area (Å²) in [4.78, 5) is 12.0. The van der Waals surface area contributed by atoms with Crippen molar-refractivity contribution >= 4 is 28.7 Å². The lowest BCUT2D eigenvalue weighted by atomic mass is 10.1. The Morgan fingerprint density at radius 2 is 2.35 bits per heavy atom. The van der Waals surface area contributed by atoms with Gasteiger partial charge >= 0.3 is 0 Å². The van der Waals surface area contributed by atoms with Gasteiger partial charge in [-0.25, -0.2) is 15.0 Å². The molecule has 0 spiro atoms. The van der Waals surface area contributed by atoms with Crippen LogP contribution in [0.2, 0.25) is 0 Å². The van der Waals surface area contributed by atoms with E-state index in [2.05, 4.69) is 15.0 Å². The highest BCUT2D eigenvalue weighted by Crippen LogP contribution is 2.33. The summed E-state index contributed by atoms with van der Waals surface area (Å²) in [7, 11) is 0.